The lowest BCUT2D eigenvalue weighted by Gasteiger charge is -2.26. The maximum Gasteiger partial charge on any atom is 0.251 e. The van der Waals surface area contributed by atoms with Gasteiger partial charge in [-0.3, -0.25) is 9.69 Å². The Morgan fingerprint density at radius 3 is 2.52 bits per heavy atom. The molecule has 144 valence electrons. The minimum Gasteiger partial charge on any atom is -0.486 e. The molecule has 1 aliphatic heterocycles. The molecule has 5 nitrogen and oxygen atoms in total. The molecule has 0 aromatic heterocycles. The zero-order chi connectivity index (χ0) is 19.2. The van der Waals surface area contributed by atoms with Crippen LogP contribution in [0.4, 0.5) is 0 Å². The molecule has 1 heterocycles. The number of hydrogen-bond donors (Lipinski definition) is 1. The number of amides is 1. The van der Waals surface area contributed by atoms with Gasteiger partial charge >= 0.3 is 0 Å². The van der Waals surface area contributed by atoms with Gasteiger partial charge in [0.1, 0.15) is 12.7 Å². The first-order valence-corrected chi connectivity index (χ1v) is 9.56. The smallest absolute Gasteiger partial charge is 0.251 e. The predicted octanol–water partition coefficient (Wildman–Crippen LogP) is 3.49. The van der Waals surface area contributed by atoms with E-state index in [1.807, 2.05) is 48.5 Å². The van der Waals surface area contributed by atoms with Gasteiger partial charge in [0.2, 0.25) is 0 Å². The predicted molar refractivity (Wildman–Crippen MR) is 106 cm³/mol. The van der Waals surface area contributed by atoms with E-state index in [0.29, 0.717) is 24.8 Å². The number of para-hydroxylation sites is 2. The number of rotatable bonds is 7. The van der Waals surface area contributed by atoms with Crippen LogP contribution in [0.5, 0.6) is 11.5 Å². The summed E-state index contributed by atoms with van der Waals surface area (Å²) in [6.45, 7) is 9.29. The van der Waals surface area contributed by atoms with Gasteiger partial charge in [0.15, 0.2) is 11.5 Å². The Hall–Kier alpha value is -2.53. The fraction of sp³-hybridized carbons (Fsp3) is 0.409. The Balaban J connectivity index is 1.51. The number of fused-ring (bicyclic) bond motifs is 1. The third kappa shape index (κ3) is 5.01. The summed E-state index contributed by atoms with van der Waals surface area (Å²) in [6.07, 6.45) is -0.188. The number of carbonyl (C=O) groups excluding carboxylic acids is 1. The molecule has 1 amide bonds. The van der Waals surface area contributed by atoms with Crippen molar-refractivity contribution in [2.45, 2.75) is 39.5 Å². The summed E-state index contributed by atoms with van der Waals surface area (Å²) in [7, 11) is 0. The first-order chi connectivity index (χ1) is 13.1. The largest absolute Gasteiger partial charge is 0.486 e. The Bertz CT molecular complexity index is 758. The molecule has 0 bridgehead atoms. The summed E-state index contributed by atoms with van der Waals surface area (Å²) in [5.74, 6) is 1.37. The summed E-state index contributed by atoms with van der Waals surface area (Å²) in [5, 5.41) is 2.93. The molecule has 5 heteroatoms. The Morgan fingerprint density at radius 2 is 1.85 bits per heavy atom. The van der Waals surface area contributed by atoms with Gasteiger partial charge in [0.05, 0.1) is 6.54 Å². The standard InChI is InChI=1S/C22H28N2O3/c1-4-24(16(2)3)14-17-9-11-18(12-10-17)22(25)23-13-19-15-26-20-7-5-6-8-21(20)27-19/h5-12,16,19H,4,13-15H2,1-3H3,(H,23,25). The van der Waals surface area contributed by atoms with E-state index in [2.05, 4.69) is 31.0 Å². The molecule has 0 saturated carbocycles. The number of nitrogens with one attached hydrogen (secondary N) is 1. The van der Waals surface area contributed by atoms with Crippen molar-refractivity contribution in [1.29, 1.82) is 0 Å². The number of carbonyl (C=O) groups is 1. The van der Waals surface area contributed by atoms with Crippen LogP contribution < -0.4 is 14.8 Å². The topological polar surface area (TPSA) is 50.8 Å². The van der Waals surface area contributed by atoms with Crippen LogP contribution in [0.15, 0.2) is 48.5 Å². The van der Waals surface area contributed by atoms with E-state index in [-0.39, 0.29) is 12.0 Å². The molecule has 0 fully saturated rings. The van der Waals surface area contributed by atoms with Crippen molar-refractivity contribution < 1.29 is 14.3 Å². The Labute approximate surface area is 161 Å². The molecule has 1 unspecified atom stereocenters. The molecule has 27 heavy (non-hydrogen) atoms. The number of hydrogen-bond acceptors (Lipinski definition) is 4. The quantitative estimate of drug-likeness (QED) is 0.813. The SMILES string of the molecule is CCN(Cc1ccc(C(=O)NCC2COc3ccccc3O2)cc1)C(C)C. The van der Waals surface area contributed by atoms with Crippen molar-refractivity contribution in [3.05, 3.63) is 59.7 Å². The fourth-order valence-electron chi connectivity index (χ4n) is 3.13. The minimum absolute atomic E-state index is 0.0970. The number of benzene rings is 2. The van der Waals surface area contributed by atoms with E-state index in [1.54, 1.807) is 0 Å². The van der Waals surface area contributed by atoms with Gasteiger partial charge in [-0.15, -0.1) is 0 Å². The lowest BCUT2D eigenvalue weighted by atomic mass is 10.1. The molecule has 0 aliphatic carbocycles. The molecule has 2 aromatic rings. The minimum atomic E-state index is -0.188. The van der Waals surface area contributed by atoms with Crippen LogP contribution in [-0.4, -0.2) is 42.6 Å². The Morgan fingerprint density at radius 1 is 1.15 bits per heavy atom. The summed E-state index contributed by atoms with van der Waals surface area (Å²) in [4.78, 5) is 14.8. The molecular formula is C22H28N2O3. The van der Waals surface area contributed by atoms with Crippen molar-refractivity contribution in [3.63, 3.8) is 0 Å². The normalized spacial score (nSPS) is 15.8. The fourth-order valence-corrected chi connectivity index (χ4v) is 3.13. The van der Waals surface area contributed by atoms with Crippen molar-refractivity contribution in [2.24, 2.45) is 0 Å². The monoisotopic (exact) mass is 368 g/mol. The molecule has 0 saturated heterocycles. The van der Waals surface area contributed by atoms with Gasteiger partial charge < -0.3 is 14.8 Å². The molecule has 1 atom stereocenters. The van der Waals surface area contributed by atoms with Gasteiger partial charge in [-0.2, -0.15) is 0 Å². The number of nitrogens with zero attached hydrogens (tertiary/aromatic N) is 1. The van der Waals surface area contributed by atoms with E-state index in [0.717, 1.165) is 24.6 Å². The average Bonchev–Trinajstić information content (AvgIpc) is 2.70. The van der Waals surface area contributed by atoms with Gasteiger partial charge in [0.25, 0.3) is 5.91 Å². The molecule has 1 N–H and O–H groups in total. The van der Waals surface area contributed by atoms with Crippen LogP contribution in [0, 0.1) is 0 Å². The van der Waals surface area contributed by atoms with E-state index in [9.17, 15) is 4.79 Å². The third-order valence-corrected chi connectivity index (χ3v) is 4.80. The Kier molecular flexibility index (Phi) is 6.35. The second-order valence-corrected chi connectivity index (χ2v) is 7.06. The van der Waals surface area contributed by atoms with Crippen molar-refractivity contribution >= 4 is 5.91 Å². The molecule has 2 aromatic carbocycles. The lowest BCUT2D eigenvalue weighted by molar-refractivity contribution is 0.0789. The average molecular weight is 368 g/mol. The third-order valence-electron chi connectivity index (χ3n) is 4.80. The van der Waals surface area contributed by atoms with Crippen molar-refractivity contribution in [1.82, 2.24) is 10.2 Å². The van der Waals surface area contributed by atoms with Crippen molar-refractivity contribution in [3.8, 4) is 11.5 Å². The van der Waals surface area contributed by atoms with Crippen LogP contribution in [0.25, 0.3) is 0 Å². The van der Waals surface area contributed by atoms with Crippen LogP contribution in [0.3, 0.4) is 0 Å². The maximum atomic E-state index is 12.4. The van der Waals surface area contributed by atoms with E-state index in [4.69, 9.17) is 9.47 Å². The zero-order valence-corrected chi connectivity index (χ0v) is 16.3. The first-order valence-electron chi connectivity index (χ1n) is 9.56. The summed E-state index contributed by atoms with van der Waals surface area (Å²) < 4.78 is 11.5. The summed E-state index contributed by atoms with van der Waals surface area (Å²) in [6, 6.07) is 15.9. The highest BCUT2D eigenvalue weighted by atomic mass is 16.6. The molecule has 3 rings (SSSR count). The van der Waals surface area contributed by atoms with E-state index in [1.165, 1.54) is 5.56 Å². The van der Waals surface area contributed by atoms with Gasteiger partial charge in [-0.1, -0.05) is 31.2 Å². The number of ether oxygens (including phenoxy) is 2. The maximum absolute atomic E-state index is 12.4. The highest BCUT2D eigenvalue weighted by molar-refractivity contribution is 5.94. The van der Waals surface area contributed by atoms with Crippen LogP contribution >= 0.6 is 0 Å². The van der Waals surface area contributed by atoms with Gasteiger partial charge in [0, 0.05) is 18.2 Å². The first kappa shape index (κ1) is 19.2. The highest BCUT2D eigenvalue weighted by Crippen LogP contribution is 2.30. The van der Waals surface area contributed by atoms with E-state index >= 15 is 0 Å². The van der Waals surface area contributed by atoms with Crippen LogP contribution in [-0.2, 0) is 6.54 Å². The van der Waals surface area contributed by atoms with Gasteiger partial charge in [-0.05, 0) is 50.2 Å². The molecule has 0 spiro atoms. The molecule has 0 radical (unpaired) electrons. The van der Waals surface area contributed by atoms with Crippen LogP contribution in [0.1, 0.15) is 36.7 Å². The lowest BCUT2D eigenvalue weighted by Crippen LogP contribution is -2.40. The second kappa shape index (κ2) is 8.91. The van der Waals surface area contributed by atoms with Crippen molar-refractivity contribution in [2.75, 3.05) is 19.7 Å². The summed E-state index contributed by atoms with van der Waals surface area (Å²) >= 11 is 0. The summed E-state index contributed by atoms with van der Waals surface area (Å²) in [5.41, 5.74) is 1.87. The second-order valence-electron chi connectivity index (χ2n) is 7.06. The van der Waals surface area contributed by atoms with E-state index < -0.39 is 0 Å². The molecular weight excluding hydrogens is 340 g/mol. The zero-order valence-electron chi connectivity index (χ0n) is 16.3. The highest BCUT2D eigenvalue weighted by Gasteiger charge is 2.21. The van der Waals surface area contributed by atoms with Crippen LogP contribution in [0.2, 0.25) is 0 Å². The van der Waals surface area contributed by atoms with Gasteiger partial charge in [-0.25, -0.2) is 0 Å². The molecule has 1 aliphatic rings.